The van der Waals surface area contributed by atoms with Crippen molar-refractivity contribution in [2.75, 3.05) is 25.5 Å². The minimum absolute atomic E-state index is 0.00563. The van der Waals surface area contributed by atoms with Gasteiger partial charge in [-0.05, 0) is 26.8 Å². The van der Waals surface area contributed by atoms with E-state index in [1.165, 1.54) is 0 Å². The molecule has 7 heteroatoms. The van der Waals surface area contributed by atoms with Gasteiger partial charge in [0, 0.05) is 13.6 Å². The van der Waals surface area contributed by atoms with Crippen molar-refractivity contribution < 1.29 is 9.21 Å². The van der Waals surface area contributed by atoms with E-state index < -0.39 is 0 Å². The number of anilines is 1. The van der Waals surface area contributed by atoms with Crippen LogP contribution in [0.25, 0.3) is 0 Å². The van der Waals surface area contributed by atoms with Crippen LogP contribution in [0.3, 0.4) is 0 Å². The highest BCUT2D eigenvalue weighted by molar-refractivity contribution is 5.84. The van der Waals surface area contributed by atoms with E-state index in [-0.39, 0.29) is 18.0 Å². The van der Waals surface area contributed by atoms with Gasteiger partial charge in [0.1, 0.15) is 6.04 Å². The smallest absolute Gasteiger partial charge is 0.318 e. The van der Waals surface area contributed by atoms with E-state index in [0.717, 1.165) is 19.4 Å². The van der Waals surface area contributed by atoms with Gasteiger partial charge < -0.3 is 20.0 Å². The molecule has 1 aromatic heterocycles. The van der Waals surface area contributed by atoms with Gasteiger partial charge in [-0.3, -0.25) is 4.79 Å². The lowest BCUT2D eigenvalue weighted by molar-refractivity contribution is -0.121. The minimum Gasteiger partial charge on any atom is -0.406 e. The Morgan fingerprint density at radius 2 is 2.28 bits per heavy atom. The summed E-state index contributed by atoms with van der Waals surface area (Å²) in [7, 11) is 3.47. The average molecular weight is 253 g/mol. The summed E-state index contributed by atoms with van der Waals surface area (Å²) < 4.78 is 5.61. The van der Waals surface area contributed by atoms with Gasteiger partial charge in [0.05, 0.1) is 6.04 Å². The van der Waals surface area contributed by atoms with Crippen LogP contribution >= 0.6 is 0 Å². The van der Waals surface area contributed by atoms with E-state index in [4.69, 9.17) is 4.42 Å². The van der Waals surface area contributed by atoms with Gasteiger partial charge >= 0.3 is 6.01 Å². The number of hydrogen-bond acceptors (Lipinski definition) is 6. The molecule has 0 spiro atoms. The van der Waals surface area contributed by atoms with Crippen molar-refractivity contribution >= 4 is 11.9 Å². The molecule has 2 N–H and O–H groups in total. The summed E-state index contributed by atoms with van der Waals surface area (Å²) in [6, 6.07) is 0.235. The van der Waals surface area contributed by atoms with Crippen molar-refractivity contribution in [3.8, 4) is 0 Å². The van der Waals surface area contributed by atoms with Gasteiger partial charge in [0.25, 0.3) is 0 Å². The van der Waals surface area contributed by atoms with E-state index in [2.05, 4.69) is 20.8 Å². The van der Waals surface area contributed by atoms with Gasteiger partial charge in [-0.2, -0.15) is 0 Å². The van der Waals surface area contributed by atoms with Crippen LogP contribution in [0.5, 0.6) is 0 Å². The Morgan fingerprint density at radius 3 is 2.94 bits per heavy atom. The van der Waals surface area contributed by atoms with Crippen LogP contribution in [0, 0.1) is 0 Å². The number of likely N-dealkylation sites (N-methyl/N-ethyl adjacent to an activating group) is 1. The lowest BCUT2D eigenvalue weighted by atomic mass is 10.2. The fraction of sp³-hybridized carbons (Fsp3) is 0.727. The van der Waals surface area contributed by atoms with E-state index >= 15 is 0 Å². The lowest BCUT2D eigenvalue weighted by Crippen LogP contribution is -2.42. The third-order valence-electron chi connectivity index (χ3n) is 3.28. The Kier molecular flexibility index (Phi) is 3.81. The van der Waals surface area contributed by atoms with Crippen LogP contribution in [0.15, 0.2) is 4.42 Å². The molecule has 1 aromatic rings. The second-order valence-electron chi connectivity index (χ2n) is 4.40. The molecule has 0 radical (unpaired) electrons. The molecule has 1 saturated heterocycles. The maximum atomic E-state index is 11.7. The maximum Gasteiger partial charge on any atom is 0.318 e. The normalized spacial score (nSPS) is 21.1. The first-order valence-electron chi connectivity index (χ1n) is 6.16. The topological polar surface area (TPSA) is 83.3 Å². The summed E-state index contributed by atoms with van der Waals surface area (Å²) in [5, 5.41) is 13.7. The molecule has 7 nitrogen and oxygen atoms in total. The molecule has 1 aliphatic rings. The number of nitrogens with one attached hydrogen (secondary N) is 2. The SMILES string of the molecule is CNC(=O)C1CCCN1c1nnc(C(C)NC)o1. The van der Waals surface area contributed by atoms with Gasteiger partial charge in [0.15, 0.2) is 0 Å². The highest BCUT2D eigenvalue weighted by Gasteiger charge is 2.33. The largest absolute Gasteiger partial charge is 0.406 e. The number of amides is 1. The molecular weight excluding hydrogens is 234 g/mol. The zero-order valence-corrected chi connectivity index (χ0v) is 10.9. The van der Waals surface area contributed by atoms with Crippen molar-refractivity contribution in [1.82, 2.24) is 20.8 Å². The molecule has 0 aromatic carbocycles. The Bertz CT molecular complexity index is 419. The Morgan fingerprint density at radius 1 is 1.50 bits per heavy atom. The summed E-state index contributed by atoms with van der Waals surface area (Å²) in [5.41, 5.74) is 0. The zero-order valence-electron chi connectivity index (χ0n) is 10.9. The van der Waals surface area contributed by atoms with E-state index in [0.29, 0.717) is 11.9 Å². The number of aromatic nitrogens is 2. The second kappa shape index (κ2) is 5.34. The van der Waals surface area contributed by atoms with Crippen LogP contribution in [-0.2, 0) is 4.79 Å². The molecule has 0 aliphatic carbocycles. The number of rotatable bonds is 4. The van der Waals surface area contributed by atoms with Crippen molar-refractivity contribution in [1.29, 1.82) is 0 Å². The predicted octanol–water partition coefficient (Wildman–Crippen LogP) is 0.0648. The highest BCUT2D eigenvalue weighted by Crippen LogP contribution is 2.25. The third kappa shape index (κ3) is 2.31. The van der Waals surface area contributed by atoms with Gasteiger partial charge in [-0.25, -0.2) is 0 Å². The fourth-order valence-corrected chi connectivity index (χ4v) is 2.08. The van der Waals surface area contributed by atoms with Crippen LogP contribution in [0.2, 0.25) is 0 Å². The molecule has 1 aliphatic heterocycles. The van der Waals surface area contributed by atoms with Crippen molar-refractivity contribution in [3.63, 3.8) is 0 Å². The van der Waals surface area contributed by atoms with Crippen LogP contribution in [0.4, 0.5) is 6.01 Å². The zero-order chi connectivity index (χ0) is 13.1. The van der Waals surface area contributed by atoms with E-state index in [9.17, 15) is 4.79 Å². The maximum absolute atomic E-state index is 11.7. The summed E-state index contributed by atoms with van der Waals surface area (Å²) in [4.78, 5) is 13.6. The number of hydrogen-bond donors (Lipinski definition) is 2. The molecule has 18 heavy (non-hydrogen) atoms. The quantitative estimate of drug-likeness (QED) is 0.790. The highest BCUT2D eigenvalue weighted by atomic mass is 16.4. The number of carbonyl (C=O) groups is 1. The summed E-state index contributed by atoms with van der Waals surface area (Å²) in [6.45, 7) is 2.71. The Labute approximate surface area is 106 Å². The predicted molar refractivity (Wildman–Crippen MR) is 66.2 cm³/mol. The molecule has 0 bridgehead atoms. The standard InChI is InChI=1S/C11H19N5O2/c1-7(12-2)10-14-15-11(18-10)16-6-4-5-8(16)9(17)13-3/h7-8,12H,4-6H2,1-3H3,(H,13,17). The van der Waals surface area contributed by atoms with Gasteiger partial charge in [-0.15, -0.1) is 5.10 Å². The molecule has 100 valence electrons. The fourth-order valence-electron chi connectivity index (χ4n) is 2.08. The first-order chi connectivity index (χ1) is 8.67. The van der Waals surface area contributed by atoms with Crippen LogP contribution in [-0.4, -0.2) is 42.8 Å². The van der Waals surface area contributed by atoms with Crippen molar-refractivity contribution in [2.24, 2.45) is 0 Å². The molecule has 2 heterocycles. The van der Waals surface area contributed by atoms with Gasteiger partial charge in [0.2, 0.25) is 11.8 Å². The van der Waals surface area contributed by atoms with E-state index in [1.54, 1.807) is 7.05 Å². The number of carbonyl (C=O) groups excluding carboxylic acids is 1. The Balaban J connectivity index is 2.15. The molecule has 1 amide bonds. The first-order valence-corrected chi connectivity index (χ1v) is 6.16. The number of nitrogens with zero attached hydrogens (tertiary/aromatic N) is 3. The van der Waals surface area contributed by atoms with Crippen molar-refractivity contribution in [3.05, 3.63) is 5.89 Å². The minimum atomic E-state index is -0.201. The second-order valence-corrected chi connectivity index (χ2v) is 4.40. The molecule has 2 atom stereocenters. The summed E-state index contributed by atoms with van der Waals surface area (Å²) in [5.74, 6) is 0.531. The monoisotopic (exact) mass is 253 g/mol. The lowest BCUT2D eigenvalue weighted by Gasteiger charge is -2.20. The molecular formula is C11H19N5O2. The van der Waals surface area contributed by atoms with E-state index in [1.807, 2.05) is 18.9 Å². The third-order valence-corrected chi connectivity index (χ3v) is 3.28. The molecule has 2 unspecified atom stereocenters. The van der Waals surface area contributed by atoms with Gasteiger partial charge in [-0.1, -0.05) is 5.10 Å². The summed E-state index contributed by atoms with van der Waals surface area (Å²) in [6.07, 6.45) is 1.77. The molecule has 1 fully saturated rings. The summed E-state index contributed by atoms with van der Waals surface area (Å²) >= 11 is 0. The Hall–Kier alpha value is -1.63. The molecule has 2 rings (SSSR count). The van der Waals surface area contributed by atoms with Crippen LogP contribution < -0.4 is 15.5 Å². The van der Waals surface area contributed by atoms with Crippen molar-refractivity contribution in [2.45, 2.75) is 31.8 Å². The van der Waals surface area contributed by atoms with Crippen LogP contribution in [0.1, 0.15) is 31.7 Å². The average Bonchev–Trinajstić information content (AvgIpc) is 3.04. The first kappa shape index (κ1) is 12.8. The molecule has 0 saturated carbocycles.